The summed E-state index contributed by atoms with van der Waals surface area (Å²) in [5.74, 6) is -0.645. The standard InChI is InChI=1S/C40H46N6O5S/c1-4-9-33(42-36(47)28-45(22-5-2)40(49)51-29-32-10-7-6-8-11-32)13-12-30(3)37-38(48)46(27-31-18-20-41-21-19-31)39(52-37)43-34-14-16-35(17-15-34)44-23-25-50-26-24-44/h4,6-21,30,37H,1,5,22-29H2,2-3H3,(H,42,47)/b13-12-,33-9+,43-39?. The molecule has 3 amide bonds. The first-order valence-corrected chi connectivity index (χ1v) is 18.4. The lowest BCUT2D eigenvalue weighted by Crippen LogP contribution is -2.41. The minimum Gasteiger partial charge on any atom is -0.445 e. The van der Waals surface area contributed by atoms with E-state index in [9.17, 15) is 14.4 Å². The highest BCUT2D eigenvalue weighted by atomic mass is 32.2. The van der Waals surface area contributed by atoms with E-state index in [1.54, 1.807) is 35.5 Å². The van der Waals surface area contributed by atoms with E-state index in [0.717, 1.165) is 35.6 Å². The van der Waals surface area contributed by atoms with Crippen molar-refractivity contribution in [2.24, 2.45) is 10.9 Å². The van der Waals surface area contributed by atoms with Gasteiger partial charge in [0.25, 0.3) is 0 Å². The fourth-order valence-electron chi connectivity index (χ4n) is 5.69. The molecule has 272 valence electrons. The van der Waals surface area contributed by atoms with Crippen molar-refractivity contribution in [3.8, 4) is 0 Å². The number of hydrogen-bond acceptors (Lipinski definition) is 9. The lowest BCUT2D eigenvalue weighted by Gasteiger charge is -2.28. The number of aromatic nitrogens is 1. The molecule has 0 saturated carbocycles. The van der Waals surface area contributed by atoms with Crippen LogP contribution in [0.15, 0.2) is 121 Å². The van der Waals surface area contributed by atoms with E-state index in [1.165, 1.54) is 16.7 Å². The molecule has 2 aliphatic rings. The number of carbonyl (C=O) groups is 3. The number of carbonyl (C=O) groups excluding carboxylic acids is 3. The van der Waals surface area contributed by atoms with Gasteiger partial charge in [-0.25, -0.2) is 9.79 Å². The molecule has 1 N–H and O–H groups in total. The Morgan fingerprint density at radius 3 is 2.52 bits per heavy atom. The Labute approximate surface area is 310 Å². The maximum Gasteiger partial charge on any atom is 0.410 e. The van der Waals surface area contributed by atoms with Crippen molar-refractivity contribution in [2.75, 3.05) is 44.3 Å². The third kappa shape index (κ3) is 10.9. The van der Waals surface area contributed by atoms with E-state index < -0.39 is 11.3 Å². The second-order valence-electron chi connectivity index (χ2n) is 12.4. The van der Waals surface area contributed by atoms with E-state index >= 15 is 0 Å². The van der Waals surface area contributed by atoms with Crippen LogP contribution in [0.4, 0.5) is 16.2 Å². The maximum atomic E-state index is 14.0. The highest BCUT2D eigenvalue weighted by Gasteiger charge is 2.40. The Bertz CT molecular complexity index is 1740. The van der Waals surface area contributed by atoms with Gasteiger partial charge < -0.3 is 19.7 Å². The fourth-order valence-corrected chi connectivity index (χ4v) is 6.89. The predicted octanol–water partition coefficient (Wildman–Crippen LogP) is 6.48. The van der Waals surface area contributed by atoms with Crippen molar-refractivity contribution < 1.29 is 23.9 Å². The first-order valence-electron chi connectivity index (χ1n) is 17.5. The van der Waals surface area contributed by atoms with Gasteiger partial charge in [0.2, 0.25) is 11.8 Å². The second kappa shape index (κ2) is 19.4. The van der Waals surface area contributed by atoms with Crippen LogP contribution in [-0.2, 0) is 32.2 Å². The van der Waals surface area contributed by atoms with Gasteiger partial charge in [0.05, 0.1) is 30.7 Å². The van der Waals surface area contributed by atoms with Crippen LogP contribution >= 0.6 is 11.8 Å². The summed E-state index contributed by atoms with van der Waals surface area (Å²) in [5, 5.41) is 3.06. The van der Waals surface area contributed by atoms with E-state index in [2.05, 4.69) is 33.9 Å². The van der Waals surface area contributed by atoms with Gasteiger partial charge in [-0.2, -0.15) is 0 Å². The van der Waals surface area contributed by atoms with Gasteiger partial charge in [-0.3, -0.25) is 24.4 Å². The van der Waals surface area contributed by atoms with Gasteiger partial charge in [0.1, 0.15) is 13.2 Å². The number of nitrogens with zero attached hydrogens (tertiary/aromatic N) is 5. The van der Waals surface area contributed by atoms with Crippen molar-refractivity contribution in [3.63, 3.8) is 0 Å². The van der Waals surface area contributed by atoms with Crippen molar-refractivity contribution in [3.05, 3.63) is 127 Å². The van der Waals surface area contributed by atoms with Crippen LogP contribution in [0.3, 0.4) is 0 Å². The van der Waals surface area contributed by atoms with Crippen LogP contribution in [0.1, 0.15) is 31.4 Å². The first kappa shape index (κ1) is 38.0. The molecule has 2 unspecified atom stereocenters. The van der Waals surface area contributed by atoms with Crippen molar-refractivity contribution in [1.82, 2.24) is 20.1 Å². The Kier molecular flexibility index (Phi) is 14.2. The summed E-state index contributed by atoms with van der Waals surface area (Å²) in [6, 6.07) is 21.2. The van der Waals surface area contributed by atoms with Crippen molar-refractivity contribution in [2.45, 2.75) is 38.7 Å². The number of nitrogens with one attached hydrogen (secondary N) is 1. The number of allylic oxidation sites excluding steroid dienone is 4. The van der Waals surface area contributed by atoms with Crippen LogP contribution < -0.4 is 10.2 Å². The first-order chi connectivity index (χ1) is 25.3. The number of benzene rings is 2. The molecule has 0 radical (unpaired) electrons. The minimum absolute atomic E-state index is 0.0508. The van der Waals surface area contributed by atoms with Gasteiger partial charge in [-0.15, -0.1) is 0 Å². The molecule has 3 heterocycles. The quantitative estimate of drug-likeness (QED) is 0.177. The smallest absolute Gasteiger partial charge is 0.410 e. The highest BCUT2D eigenvalue weighted by Crippen LogP contribution is 2.36. The normalized spacial score (nSPS) is 17.7. The molecule has 2 atom stereocenters. The molecule has 2 fully saturated rings. The summed E-state index contributed by atoms with van der Waals surface area (Å²) in [5.41, 5.74) is 4.17. The molecule has 0 spiro atoms. The van der Waals surface area contributed by atoms with Gasteiger partial charge in [0.15, 0.2) is 5.17 Å². The molecular formula is C40H46N6O5S. The lowest BCUT2D eigenvalue weighted by atomic mass is 10.1. The molecule has 2 saturated heterocycles. The Balaban J connectivity index is 1.25. The molecule has 0 aliphatic carbocycles. The molecule has 3 aromatic rings. The van der Waals surface area contributed by atoms with Gasteiger partial charge in [0, 0.05) is 43.4 Å². The monoisotopic (exact) mass is 722 g/mol. The Hall–Kier alpha value is -5.20. The average molecular weight is 723 g/mol. The number of amides is 3. The number of thioether (sulfide) groups is 1. The highest BCUT2D eigenvalue weighted by molar-refractivity contribution is 8.15. The summed E-state index contributed by atoms with van der Waals surface area (Å²) in [7, 11) is 0. The molecule has 1 aromatic heterocycles. The van der Waals surface area contributed by atoms with Crippen LogP contribution in [-0.4, -0.2) is 82.5 Å². The zero-order chi connectivity index (χ0) is 36.7. The molecule has 2 aromatic carbocycles. The Morgan fingerprint density at radius 2 is 1.83 bits per heavy atom. The average Bonchev–Trinajstić information content (AvgIpc) is 3.47. The number of ether oxygens (including phenoxy) is 2. The van der Waals surface area contributed by atoms with E-state index in [1.807, 2.05) is 74.5 Å². The minimum atomic E-state index is -0.558. The van der Waals surface area contributed by atoms with Crippen LogP contribution in [0, 0.1) is 5.92 Å². The van der Waals surface area contributed by atoms with E-state index in [0.29, 0.717) is 43.6 Å². The van der Waals surface area contributed by atoms with Crippen molar-refractivity contribution in [1.29, 1.82) is 0 Å². The Morgan fingerprint density at radius 1 is 1.10 bits per heavy atom. The number of anilines is 1. The van der Waals surface area contributed by atoms with Gasteiger partial charge in [-0.1, -0.05) is 74.7 Å². The second-order valence-corrected chi connectivity index (χ2v) is 13.5. The summed E-state index contributed by atoms with van der Waals surface area (Å²) in [4.78, 5) is 54.4. The molecule has 11 nitrogen and oxygen atoms in total. The van der Waals surface area contributed by atoms with Gasteiger partial charge >= 0.3 is 6.09 Å². The topological polar surface area (TPSA) is 117 Å². The summed E-state index contributed by atoms with van der Waals surface area (Å²) < 4.78 is 11.0. The largest absolute Gasteiger partial charge is 0.445 e. The number of hydrogen-bond donors (Lipinski definition) is 1. The van der Waals surface area contributed by atoms with Gasteiger partial charge in [-0.05, 0) is 72.0 Å². The zero-order valence-electron chi connectivity index (χ0n) is 29.7. The molecular weight excluding hydrogens is 677 g/mol. The fraction of sp³-hybridized carbons (Fsp3) is 0.325. The number of pyridine rings is 1. The van der Waals surface area contributed by atoms with E-state index in [4.69, 9.17) is 14.5 Å². The molecule has 2 aliphatic heterocycles. The summed E-state index contributed by atoms with van der Waals surface area (Å²) in [6.07, 6.45) is 10.4. The predicted molar refractivity (Wildman–Crippen MR) is 206 cm³/mol. The number of amidine groups is 1. The third-order valence-electron chi connectivity index (χ3n) is 8.44. The number of morpholine rings is 1. The van der Waals surface area contributed by atoms with E-state index in [-0.39, 0.29) is 30.9 Å². The molecule has 52 heavy (non-hydrogen) atoms. The lowest BCUT2D eigenvalue weighted by molar-refractivity contribution is -0.127. The van der Waals surface area contributed by atoms with Crippen LogP contribution in [0.2, 0.25) is 0 Å². The molecule has 0 bridgehead atoms. The van der Waals surface area contributed by atoms with Crippen LogP contribution in [0.25, 0.3) is 0 Å². The number of rotatable bonds is 15. The number of aliphatic imine (C=N–C) groups is 1. The molecule has 12 heteroatoms. The summed E-state index contributed by atoms with van der Waals surface area (Å²) in [6.45, 7) is 11.5. The molecule has 5 rings (SSSR count). The third-order valence-corrected chi connectivity index (χ3v) is 9.85. The van der Waals surface area contributed by atoms with Crippen LogP contribution in [0.5, 0.6) is 0 Å². The maximum absolute atomic E-state index is 14.0. The zero-order valence-corrected chi connectivity index (χ0v) is 30.5. The summed E-state index contributed by atoms with van der Waals surface area (Å²) >= 11 is 1.43. The SMILES string of the molecule is C=C/C=C(\C=C/C(C)C1SC(=Nc2ccc(N3CCOCC3)cc2)N(Cc2ccncc2)C1=O)NC(=O)CN(CCC)C(=O)OCc1ccccc1. The van der Waals surface area contributed by atoms with Crippen molar-refractivity contribution >= 4 is 46.2 Å².